The van der Waals surface area contributed by atoms with Crippen molar-refractivity contribution in [3.8, 4) is 0 Å². The molecular weight excluding hydrogens is 528 g/mol. The molecule has 0 aliphatic carbocycles. The number of hydrogen-bond donors (Lipinski definition) is 0. The van der Waals surface area contributed by atoms with Gasteiger partial charge in [-0.3, -0.25) is 0 Å². The van der Waals surface area contributed by atoms with Gasteiger partial charge in [-0.2, -0.15) is 0 Å². The molecule has 0 nitrogen and oxygen atoms in total. The van der Waals surface area contributed by atoms with Gasteiger partial charge in [-0.1, -0.05) is 84.9 Å². The van der Waals surface area contributed by atoms with Gasteiger partial charge in [-0.05, 0) is 164 Å². The molecule has 0 heterocycles. The Labute approximate surface area is 248 Å². The minimum absolute atomic E-state index is 1.35. The Hall–Kier alpha value is -5.72. The fourth-order valence-corrected chi connectivity index (χ4v) is 10.4. The lowest BCUT2D eigenvalue weighted by Gasteiger charge is -2.28. The zero-order valence-electron chi connectivity index (χ0n) is 23.4. The van der Waals surface area contributed by atoms with Crippen molar-refractivity contribution in [2.24, 2.45) is 0 Å². The average molecular weight is 547 g/mol. The number of fused-ring (bicyclic) bond motifs is 3. The van der Waals surface area contributed by atoms with Gasteiger partial charge < -0.3 is 0 Å². The molecule has 0 N–H and O–H groups in total. The summed E-state index contributed by atoms with van der Waals surface area (Å²) in [5, 5.41) is 36.7. The Morgan fingerprint density at radius 2 is 0.477 bits per heavy atom. The first-order chi connectivity index (χ1) is 21.8. The summed E-state index contributed by atoms with van der Waals surface area (Å²) in [6, 6.07) is 42.7. The van der Waals surface area contributed by atoms with Crippen molar-refractivity contribution in [1.29, 1.82) is 0 Å². The van der Waals surface area contributed by atoms with E-state index < -0.39 is 0 Å². The highest BCUT2D eigenvalue weighted by atomic mass is 14.3. The molecule has 0 aromatic heterocycles. The van der Waals surface area contributed by atoms with Crippen LogP contribution in [0.1, 0.15) is 0 Å². The van der Waals surface area contributed by atoms with Gasteiger partial charge in [0.25, 0.3) is 0 Å². The molecule has 0 unspecified atom stereocenters. The summed E-state index contributed by atoms with van der Waals surface area (Å²) in [6.07, 6.45) is 0. The van der Waals surface area contributed by atoms with Crippen LogP contribution in [-0.2, 0) is 0 Å². The van der Waals surface area contributed by atoms with E-state index in [1.165, 1.54) is 140 Å². The van der Waals surface area contributed by atoms with Crippen LogP contribution in [0.3, 0.4) is 0 Å². The van der Waals surface area contributed by atoms with Crippen molar-refractivity contribution in [1.82, 2.24) is 0 Å². The number of benzene rings is 14. The van der Waals surface area contributed by atoms with E-state index in [1.54, 1.807) is 0 Å². The predicted molar refractivity (Wildman–Crippen MR) is 192 cm³/mol. The predicted octanol–water partition coefficient (Wildman–Crippen LogP) is 12.7. The summed E-state index contributed by atoms with van der Waals surface area (Å²) in [5.41, 5.74) is 0. The van der Waals surface area contributed by atoms with E-state index in [-0.39, 0.29) is 0 Å². The van der Waals surface area contributed by atoms with Crippen molar-refractivity contribution in [2.75, 3.05) is 0 Å². The summed E-state index contributed by atoms with van der Waals surface area (Å²) in [4.78, 5) is 0. The van der Waals surface area contributed by atoms with Gasteiger partial charge in [0, 0.05) is 0 Å². The Kier molecular flexibility index (Phi) is 2.77. The molecule has 0 saturated carbocycles. The number of hydrogen-bond acceptors (Lipinski definition) is 0. The van der Waals surface area contributed by atoms with E-state index >= 15 is 0 Å². The Morgan fingerprint density at radius 1 is 0.182 bits per heavy atom. The lowest BCUT2D eigenvalue weighted by Crippen LogP contribution is -1.99. The summed E-state index contributed by atoms with van der Waals surface area (Å²) < 4.78 is 0. The van der Waals surface area contributed by atoms with E-state index in [4.69, 9.17) is 0 Å². The smallest absolute Gasteiger partial charge is 0.0000914 e. The van der Waals surface area contributed by atoms with Gasteiger partial charge in [-0.15, -0.1) is 0 Å². The summed E-state index contributed by atoms with van der Waals surface area (Å²) in [7, 11) is 0. The standard InChI is InChI=1S/C44H18/c1-2-4-28-27(3-1)29-13-11-23-17-25-15-21-9-7-19-5-6-20-8-10-22-16-26-18-24-12-14-30(28)40-36(24)44-38(26)42-34(22)32(20)31(19)33(21)41(42)37(25)43(44)35(23)39(29)40/h1-18H. The third-order valence-electron chi connectivity index (χ3n) is 11.8. The fourth-order valence-electron chi connectivity index (χ4n) is 10.4. The van der Waals surface area contributed by atoms with Gasteiger partial charge >= 0.3 is 0 Å². The van der Waals surface area contributed by atoms with Crippen LogP contribution in [0.15, 0.2) is 109 Å². The lowest BCUT2D eigenvalue weighted by molar-refractivity contribution is 1.81. The van der Waals surface area contributed by atoms with Crippen LogP contribution < -0.4 is 0 Å². The Balaban J connectivity index is 1.50. The average Bonchev–Trinajstić information content (AvgIpc) is 3.07. The molecule has 0 heteroatoms. The van der Waals surface area contributed by atoms with Gasteiger partial charge in [-0.25, -0.2) is 0 Å². The normalized spacial score (nSPS) is 13.9. The SMILES string of the molecule is c1ccc2c(c1)c1ccc3cc4cc5ccc6ccc7ccc8cc9cc%10ccc2c2c%10c%10c9c9c8c7c6c5c9c4c%10c3c12. The van der Waals surface area contributed by atoms with Gasteiger partial charge in [0.2, 0.25) is 0 Å². The molecule has 14 aromatic carbocycles. The van der Waals surface area contributed by atoms with Crippen molar-refractivity contribution < 1.29 is 0 Å². The van der Waals surface area contributed by atoms with E-state index in [1.807, 2.05) is 0 Å². The first-order valence-corrected chi connectivity index (χ1v) is 15.7. The molecule has 14 rings (SSSR count). The van der Waals surface area contributed by atoms with Crippen LogP contribution in [-0.4, -0.2) is 0 Å². The minimum atomic E-state index is 1.35. The molecule has 0 aliphatic heterocycles. The van der Waals surface area contributed by atoms with Crippen molar-refractivity contribution in [3.63, 3.8) is 0 Å². The van der Waals surface area contributed by atoms with Gasteiger partial charge in [0.15, 0.2) is 0 Å². The zero-order chi connectivity index (χ0) is 27.7. The molecule has 0 radical (unpaired) electrons. The highest BCUT2D eigenvalue weighted by molar-refractivity contribution is 6.58. The van der Waals surface area contributed by atoms with Crippen LogP contribution in [0.5, 0.6) is 0 Å². The monoisotopic (exact) mass is 546 g/mol. The van der Waals surface area contributed by atoms with Crippen LogP contribution in [0.2, 0.25) is 0 Å². The third-order valence-corrected chi connectivity index (χ3v) is 11.8. The van der Waals surface area contributed by atoms with Crippen LogP contribution in [0, 0.1) is 0 Å². The highest BCUT2D eigenvalue weighted by Crippen LogP contribution is 2.58. The zero-order valence-corrected chi connectivity index (χ0v) is 23.4. The summed E-state index contributed by atoms with van der Waals surface area (Å²) in [6.45, 7) is 0. The topological polar surface area (TPSA) is 0 Å². The fraction of sp³-hybridized carbons (Fsp3) is 0. The van der Waals surface area contributed by atoms with Crippen molar-refractivity contribution in [2.45, 2.75) is 0 Å². The van der Waals surface area contributed by atoms with Gasteiger partial charge in [0.1, 0.15) is 0 Å². The van der Waals surface area contributed by atoms with Crippen molar-refractivity contribution >= 4 is 140 Å². The lowest BCUT2D eigenvalue weighted by atomic mass is 9.74. The molecule has 0 saturated heterocycles. The van der Waals surface area contributed by atoms with E-state index in [0.717, 1.165) is 0 Å². The van der Waals surface area contributed by atoms with Crippen LogP contribution >= 0.6 is 0 Å². The second-order valence-electron chi connectivity index (χ2n) is 13.5. The minimum Gasteiger partial charge on any atom is -0.0616 e. The van der Waals surface area contributed by atoms with Crippen LogP contribution in [0.4, 0.5) is 0 Å². The second-order valence-corrected chi connectivity index (χ2v) is 13.5. The molecule has 194 valence electrons. The maximum Gasteiger partial charge on any atom is -0.0000914 e. The molecule has 14 aromatic rings. The van der Waals surface area contributed by atoms with E-state index in [2.05, 4.69) is 109 Å². The third kappa shape index (κ3) is 1.80. The molecule has 0 atom stereocenters. The molecule has 0 fully saturated rings. The van der Waals surface area contributed by atoms with E-state index in [9.17, 15) is 0 Å². The number of rotatable bonds is 0. The maximum atomic E-state index is 2.49. The first kappa shape index (κ1) is 20.2. The molecule has 0 bridgehead atoms. The largest absolute Gasteiger partial charge is 0.0616 e. The second kappa shape index (κ2) is 6.02. The first-order valence-electron chi connectivity index (χ1n) is 15.7. The quantitative estimate of drug-likeness (QED) is 0.131. The summed E-state index contributed by atoms with van der Waals surface area (Å²) in [5.74, 6) is 0. The highest BCUT2D eigenvalue weighted by Gasteiger charge is 2.29. The Morgan fingerprint density at radius 3 is 0.886 bits per heavy atom. The molecule has 44 heavy (non-hydrogen) atoms. The molecule has 0 aliphatic rings. The van der Waals surface area contributed by atoms with E-state index in [0.29, 0.717) is 0 Å². The van der Waals surface area contributed by atoms with Crippen LogP contribution in [0.25, 0.3) is 140 Å². The molecular formula is C44H18. The molecule has 0 spiro atoms. The van der Waals surface area contributed by atoms with Crippen molar-refractivity contribution in [3.05, 3.63) is 109 Å². The van der Waals surface area contributed by atoms with Gasteiger partial charge in [0.05, 0.1) is 0 Å². The maximum absolute atomic E-state index is 2.49. The summed E-state index contributed by atoms with van der Waals surface area (Å²) >= 11 is 0. The Bertz CT molecular complexity index is 3290. The molecule has 0 amide bonds.